The van der Waals surface area contributed by atoms with E-state index in [1.165, 1.54) is 24.5 Å². The van der Waals surface area contributed by atoms with Gasteiger partial charge in [0.25, 0.3) is 5.56 Å². The molecule has 1 unspecified atom stereocenters. The van der Waals surface area contributed by atoms with Crippen molar-refractivity contribution in [2.75, 3.05) is 7.11 Å². The van der Waals surface area contributed by atoms with Crippen LogP contribution in [0, 0.1) is 0 Å². The highest BCUT2D eigenvalue weighted by atomic mass is 32.1. The molecule has 1 aromatic heterocycles. The van der Waals surface area contributed by atoms with Gasteiger partial charge in [-0.05, 0) is 13.0 Å². The molecule has 20 heavy (non-hydrogen) atoms. The van der Waals surface area contributed by atoms with Crippen molar-refractivity contribution in [1.82, 2.24) is 4.57 Å². The van der Waals surface area contributed by atoms with E-state index in [1.54, 1.807) is 4.57 Å². The Bertz CT molecular complexity index is 863. The molecule has 0 N–H and O–H groups in total. The number of hydrogen-bond donors (Lipinski definition) is 0. The normalized spacial score (nSPS) is 17.1. The number of aromatic nitrogens is 1. The van der Waals surface area contributed by atoms with Crippen LogP contribution in [0.4, 0.5) is 5.69 Å². The minimum Gasteiger partial charge on any atom is -0.466 e. The summed E-state index contributed by atoms with van der Waals surface area (Å²) in [7, 11) is 1.28. The summed E-state index contributed by atoms with van der Waals surface area (Å²) >= 11 is 1.20. The zero-order valence-electron chi connectivity index (χ0n) is 11.0. The maximum absolute atomic E-state index is 12.4. The van der Waals surface area contributed by atoms with Crippen molar-refractivity contribution in [2.45, 2.75) is 13.0 Å². The van der Waals surface area contributed by atoms with E-state index in [2.05, 4.69) is 9.73 Å². The average molecular weight is 288 g/mol. The van der Waals surface area contributed by atoms with Gasteiger partial charge in [-0.1, -0.05) is 29.5 Å². The molecule has 1 aliphatic heterocycles. The second-order valence-corrected chi connectivity index (χ2v) is 5.45. The Morgan fingerprint density at radius 2 is 2.20 bits per heavy atom. The molecule has 1 aliphatic rings. The number of methoxy groups -OCH3 is 1. The molecule has 0 fully saturated rings. The fourth-order valence-corrected chi connectivity index (χ4v) is 3.28. The van der Waals surface area contributed by atoms with E-state index >= 15 is 0 Å². The summed E-state index contributed by atoms with van der Waals surface area (Å²) < 4.78 is 6.52. The van der Waals surface area contributed by atoms with Crippen LogP contribution >= 0.6 is 11.3 Å². The summed E-state index contributed by atoms with van der Waals surface area (Å²) in [5.41, 5.74) is 1.66. The van der Waals surface area contributed by atoms with Crippen LogP contribution in [0.5, 0.6) is 0 Å². The Morgan fingerprint density at radius 3 is 2.95 bits per heavy atom. The maximum atomic E-state index is 12.4. The van der Waals surface area contributed by atoms with Crippen LogP contribution in [0.1, 0.15) is 18.5 Å². The number of thiazole rings is 1. The zero-order chi connectivity index (χ0) is 14.3. The summed E-state index contributed by atoms with van der Waals surface area (Å²) in [5.74, 6) is -0.536. The number of fused-ring (bicyclic) bond motifs is 2. The van der Waals surface area contributed by atoms with Crippen LogP contribution in [0.2, 0.25) is 0 Å². The van der Waals surface area contributed by atoms with Gasteiger partial charge >= 0.3 is 5.97 Å². The average Bonchev–Trinajstić information content (AvgIpc) is 2.75. The smallest absolute Gasteiger partial charge is 0.332 e. The molecule has 0 saturated carbocycles. The van der Waals surface area contributed by atoms with Gasteiger partial charge in [0.05, 0.1) is 18.8 Å². The molecule has 1 aromatic carbocycles. The Morgan fingerprint density at radius 1 is 1.45 bits per heavy atom. The molecular formula is C14H12N2O3S. The molecule has 0 aliphatic carbocycles. The van der Waals surface area contributed by atoms with Crippen molar-refractivity contribution in [1.29, 1.82) is 0 Å². The lowest BCUT2D eigenvalue weighted by Gasteiger charge is -2.18. The number of benzene rings is 1. The summed E-state index contributed by atoms with van der Waals surface area (Å²) in [5, 5.41) is 0. The summed E-state index contributed by atoms with van der Waals surface area (Å²) in [6.45, 7) is 1.95. The third-order valence-electron chi connectivity index (χ3n) is 3.28. The van der Waals surface area contributed by atoms with E-state index in [-0.39, 0.29) is 11.6 Å². The molecule has 0 spiro atoms. The van der Waals surface area contributed by atoms with Crippen LogP contribution in [0.15, 0.2) is 34.1 Å². The van der Waals surface area contributed by atoms with Gasteiger partial charge in [-0.3, -0.25) is 9.36 Å². The van der Waals surface area contributed by atoms with Gasteiger partial charge < -0.3 is 4.74 Å². The minimum atomic E-state index is -0.536. The number of nitrogens with zero attached hydrogens (tertiary/aromatic N) is 2. The molecule has 102 valence electrons. The summed E-state index contributed by atoms with van der Waals surface area (Å²) in [6.07, 6.45) is 1.21. The lowest BCUT2D eigenvalue weighted by Crippen LogP contribution is -2.35. The van der Waals surface area contributed by atoms with Gasteiger partial charge in [0.2, 0.25) is 0 Å². The molecule has 5 nitrogen and oxygen atoms in total. The maximum Gasteiger partial charge on any atom is 0.332 e. The number of esters is 1. The predicted octanol–water partition coefficient (Wildman–Crippen LogP) is 0.737. The summed E-state index contributed by atoms with van der Waals surface area (Å²) in [4.78, 5) is 28.7. The van der Waals surface area contributed by atoms with Crippen LogP contribution in [0.25, 0.3) is 6.08 Å². The SMILES string of the molecule is COC(=O)C=c1sc2n(c1=O)C(C)c1ccccc1N=2. The second-order valence-electron chi connectivity index (χ2n) is 4.44. The van der Waals surface area contributed by atoms with Crippen LogP contribution in [-0.4, -0.2) is 17.6 Å². The molecule has 0 amide bonds. The fraction of sp³-hybridized carbons (Fsp3) is 0.214. The van der Waals surface area contributed by atoms with Crippen LogP contribution in [-0.2, 0) is 9.53 Å². The predicted molar refractivity (Wildman–Crippen MR) is 75.8 cm³/mol. The van der Waals surface area contributed by atoms with Crippen molar-refractivity contribution >= 4 is 29.1 Å². The minimum absolute atomic E-state index is 0.0951. The topological polar surface area (TPSA) is 60.7 Å². The van der Waals surface area contributed by atoms with E-state index in [0.717, 1.165) is 11.3 Å². The lowest BCUT2D eigenvalue weighted by molar-refractivity contribution is -0.133. The monoisotopic (exact) mass is 288 g/mol. The number of para-hydroxylation sites is 1. The molecule has 2 aromatic rings. The Balaban J connectivity index is 2.29. The Kier molecular flexibility index (Phi) is 3.02. The quantitative estimate of drug-likeness (QED) is 0.727. The number of carbonyl (C=O) groups is 1. The highest BCUT2D eigenvalue weighted by Gasteiger charge is 2.21. The van der Waals surface area contributed by atoms with Crippen LogP contribution in [0.3, 0.4) is 0 Å². The zero-order valence-corrected chi connectivity index (χ0v) is 11.8. The van der Waals surface area contributed by atoms with E-state index < -0.39 is 5.97 Å². The molecular weight excluding hydrogens is 276 g/mol. The fourth-order valence-electron chi connectivity index (χ4n) is 2.26. The van der Waals surface area contributed by atoms with Gasteiger partial charge in [0, 0.05) is 11.6 Å². The van der Waals surface area contributed by atoms with Gasteiger partial charge in [0.15, 0.2) is 4.80 Å². The number of carbonyl (C=O) groups excluding carboxylic acids is 1. The lowest BCUT2D eigenvalue weighted by atomic mass is 10.1. The molecule has 2 heterocycles. The molecule has 0 bridgehead atoms. The first-order valence-electron chi connectivity index (χ1n) is 6.10. The molecule has 6 heteroatoms. The molecule has 0 saturated heterocycles. The van der Waals surface area contributed by atoms with Crippen LogP contribution < -0.4 is 14.9 Å². The first-order chi connectivity index (χ1) is 9.61. The van der Waals surface area contributed by atoms with Crippen molar-refractivity contribution < 1.29 is 9.53 Å². The molecule has 0 radical (unpaired) electrons. The van der Waals surface area contributed by atoms with Crippen molar-refractivity contribution in [3.05, 3.63) is 49.5 Å². The van der Waals surface area contributed by atoms with Gasteiger partial charge in [-0.15, -0.1) is 0 Å². The van der Waals surface area contributed by atoms with E-state index in [0.29, 0.717) is 9.33 Å². The van der Waals surface area contributed by atoms with Gasteiger partial charge in [0.1, 0.15) is 4.53 Å². The largest absolute Gasteiger partial charge is 0.466 e. The number of ether oxygens (including phenoxy) is 1. The van der Waals surface area contributed by atoms with Gasteiger partial charge in [-0.25, -0.2) is 9.79 Å². The van der Waals surface area contributed by atoms with Crippen molar-refractivity contribution in [3.63, 3.8) is 0 Å². The van der Waals surface area contributed by atoms with Gasteiger partial charge in [-0.2, -0.15) is 0 Å². The van der Waals surface area contributed by atoms with Crippen molar-refractivity contribution in [3.8, 4) is 0 Å². The Labute approximate surface area is 118 Å². The molecule has 3 rings (SSSR count). The van der Waals surface area contributed by atoms with E-state index in [4.69, 9.17) is 0 Å². The summed E-state index contributed by atoms with van der Waals surface area (Å²) in [6, 6.07) is 7.62. The second kappa shape index (κ2) is 4.72. The third kappa shape index (κ3) is 1.89. The van der Waals surface area contributed by atoms with Crippen molar-refractivity contribution in [2.24, 2.45) is 4.99 Å². The standard InChI is InChI=1S/C14H12N2O3S/c1-8-9-5-3-4-6-10(9)15-14-16(8)13(18)11(20-14)7-12(17)19-2/h3-8H,1-2H3. The Hall–Kier alpha value is -2.21. The first kappa shape index (κ1) is 12.8. The number of rotatable bonds is 1. The number of hydrogen-bond acceptors (Lipinski definition) is 5. The third-order valence-corrected chi connectivity index (χ3v) is 4.26. The van der Waals surface area contributed by atoms with E-state index in [9.17, 15) is 9.59 Å². The highest BCUT2D eigenvalue weighted by molar-refractivity contribution is 7.07. The highest BCUT2D eigenvalue weighted by Crippen LogP contribution is 2.28. The first-order valence-corrected chi connectivity index (χ1v) is 6.92. The van der Waals surface area contributed by atoms with E-state index in [1.807, 2.05) is 31.2 Å². The molecule has 1 atom stereocenters.